The van der Waals surface area contributed by atoms with Crippen LogP contribution in [0.15, 0.2) is 42.5 Å². The molecule has 0 spiro atoms. The van der Waals surface area contributed by atoms with E-state index in [1.54, 1.807) is 29.2 Å². The molecule has 5 N–H and O–H groups in total. The van der Waals surface area contributed by atoms with Gasteiger partial charge in [0.2, 0.25) is 0 Å². The molecular formula is C27H33F3N8O4. The van der Waals surface area contributed by atoms with Crippen LogP contribution >= 0.6 is 0 Å². The van der Waals surface area contributed by atoms with Crippen molar-refractivity contribution < 1.29 is 33.2 Å². The fourth-order valence-corrected chi connectivity index (χ4v) is 5.18. The number of urea groups is 1. The molecule has 3 amide bonds. The van der Waals surface area contributed by atoms with Crippen LogP contribution in [0.5, 0.6) is 0 Å². The van der Waals surface area contributed by atoms with Crippen LogP contribution in [0.1, 0.15) is 67.9 Å². The molecule has 0 bridgehead atoms. The first-order valence-corrected chi connectivity index (χ1v) is 13.3. The lowest BCUT2D eigenvalue weighted by Gasteiger charge is -2.41. The van der Waals surface area contributed by atoms with Crippen molar-refractivity contribution in [2.24, 2.45) is 11.3 Å². The van der Waals surface area contributed by atoms with E-state index < -0.39 is 34.6 Å². The third-order valence-electron chi connectivity index (χ3n) is 7.53. The lowest BCUT2D eigenvalue weighted by Crippen LogP contribution is -2.45. The maximum Gasteiger partial charge on any atom is 0.418 e. The van der Waals surface area contributed by atoms with Crippen molar-refractivity contribution in [3.8, 4) is 0 Å². The second-order valence-electron chi connectivity index (χ2n) is 11.3. The second kappa shape index (κ2) is 12.3. The van der Waals surface area contributed by atoms with E-state index in [9.17, 15) is 33.2 Å². The average Bonchev–Trinajstić information content (AvgIpc) is 3.44. The van der Waals surface area contributed by atoms with Gasteiger partial charge in [0, 0.05) is 23.8 Å². The van der Waals surface area contributed by atoms with E-state index in [4.69, 9.17) is 0 Å². The highest BCUT2D eigenvalue weighted by Crippen LogP contribution is 2.40. The molecule has 0 radical (unpaired) electrons. The van der Waals surface area contributed by atoms with Gasteiger partial charge in [0.05, 0.1) is 5.56 Å². The number of amides is 3. The van der Waals surface area contributed by atoms with Crippen LogP contribution in [0.3, 0.4) is 0 Å². The highest BCUT2D eigenvalue weighted by molar-refractivity contribution is 6.03. The lowest BCUT2D eigenvalue weighted by molar-refractivity contribution is -0.138. The van der Waals surface area contributed by atoms with Gasteiger partial charge >= 0.3 is 12.2 Å². The molecular weight excluding hydrogens is 557 g/mol. The highest BCUT2D eigenvalue weighted by Gasteiger charge is 2.36. The Balaban J connectivity index is 1.54. The number of aromatic nitrogens is 4. The van der Waals surface area contributed by atoms with Crippen molar-refractivity contribution in [1.29, 1.82) is 0 Å². The number of carbonyl (C=O) groups is 2. The minimum Gasteiger partial charge on any atom is -0.317 e. The van der Waals surface area contributed by atoms with Gasteiger partial charge in [0.1, 0.15) is 5.69 Å². The summed E-state index contributed by atoms with van der Waals surface area (Å²) < 4.78 is 40.7. The fraction of sp³-hybridized carbons (Fsp3) is 0.444. The van der Waals surface area contributed by atoms with Crippen LogP contribution in [0, 0.1) is 11.3 Å². The van der Waals surface area contributed by atoms with Gasteiger partial charge in [-0.25, -0.2) is 4.79 Å². The summed E-state index contributed by atoms with van der Waals surface area (Å²) in [6.45, 7) is 6.69. The van der Waals surface area contributed by atoms with Crippen molar-refractivity contribution in [1.82, 2.24) is 25.5 Å². The van der Waals surface area contributed by atoms with Gasteiger partial charge < -0.3 is 10.2 Å². The van der Waals surface area contributed by atoms with Crippen LogP contribution in [0.2, 0.25) is 0 Å². The number of rotatable bonds is 7. The summed E-state index contributed by atoms with van der Waals surface area (Å²) in [6, 6.07) is 8.46. The Kier molecular flexibility index (Phi) is 9.01. The second-order valence-corrected chi connectivity index (χ2v) is 11.3. The summed E-state index contributed by atoms with van der Waals surface area (Å²) in [4.78, 5) is 27.6. The molecule has 0 aliphatic heterocycles. The minimum absolute atomic E-state index is 0.0187. The Bertz CT molecular complexity index is 1370. The molecule has 2 aromatic carbocycles. The number of carbonyl (C=O) groups excluding carboxylic acids is 2. The lowest BCUT2D eigenvalue weighted by atomic mass is 9.71. The Hall–Kier alpha value is -4.24. The maximum atomic E-state index is 13.6. The topological polar surface area (TPSA) is 160 Å². The smallest absolute Gasteiger partial charge is 0.317 e. The number of tetrazole rings is 1. The molecule has 1 saturated carbocycles. The van der Waals surface area contributed by atoms with E-state index in [2.05, 4.69) is 52.0 Å². The van der Waals surface area contributed by atoms with Crippen LogP contribution in [0.25, 0.3) is 0 Å². The van der Waals surface area contributed by atoms with Crippen LogP contribution < -0.4 is 15.9 Å². The molecule has 42 heavy (non-hydrogen) atoms. The molecule has 0 unspecified atom stereocenters. The molecule has 1 aromatic heterocycles. The average molecular weight is 591 g/mol. The number of alkyl halides is 3. The minimum atomic E-state index is -4.90. The predicted octanol–water partition coefficient (Wildman–Crippen LogP) is 5.69. The van der Waals surface area contributed by atoms with Gasteiger partial charge in [-0.3, -0.25) is 20.5 Å². The monoisotopic (exact) mass is 590 g/mol. The van der Waals surface area contributed by atoms with Gasteiger partial charge in [0.15, 0.2) is 0 Å². The van der Waals surface area contributed by atoms with Gasteiger partial charge in [-0.1, -0.05) is 38.0 Å². The van der Waals surface area contributed by atoms with E-state index in [1.165, 1.54) is 0 Å². The van der Waals surface area contributed by atoms with E-state index in [0.717, 1.165) is 37.8 Å². The van der Waals surface area contributed by atoms with Crippen molar-refractivity contribution in [3.05, 3.63) is 59.2 Å². The SMILES string of the molecule is CC(C)(C)C1CCC(N(Cc2ccc(C(=O)Nc3nn[nH]n3)cc2)C(=O)Nc2ccc(N(O)O)c(C(F)(F)F)c2)CC1. The third-order valence-corrected chi connectivity index (χ3v) is 7.53. The fourth-order valence-electron chi connectivity index (χ4n) is 5.18. The number of nitrogens with one attached hydrogen (secondary N) is 3. The summed E-state index contributed by atoms with van der Waals surface area (Å²) in [6.07, 6.45) is -1.68. The third kappa shape index (κ3) is 7.53. The zero-order chi connectivity index (χ0) is 30.7. The maximum absolute atomic E-state index is 13.6. The Morgan fingerprint density at radius 3 is 2.21 bits per heavy atom. The number of halogens is 3. The summed E-state index contributed by atoms with van der Waals surface area (Å²) in [5, 5.41) is 35.8. The Morgan fingerprint density at radius 2 is 1.67 bits per heavy atom. The summed E-state index contributed by atoms with van der Waals surface area (Å²) >= 11 is 0. The number of hydrogen-bond donors (Lipinski definition) is 5. The zero-order valence-corrected chi connectivity index (χ0v) is 23.3. The largest absolute Gasteiger partial charge is 0.418 e. The van der Waals surface area contributed by atoms with E-state index in [1.807, 2.05) is 0 Å². The number of benzene rings is 2. The van der Waals surface area contributed by atoms with Gasteiger partial charge in [-0.05, 0) is 78.1 Å². The molecule has 1 aliphatic carbocycles. The van der Waals surface area contributed by atoms with Gasteiger partial charge in [-0.2, -0.15) is 18.4 Å². The first kappa shape index (κ1) is 30.7. The van der Waals surface area contributed by atoms with E-state index >= 15 is 0 Å². The molecule has 4 rings (SSSR count). The van der Waals surface area contributed by atoms with E-state index in [0.29, 0.717) is 23.1 Å². The van der Waals surface area contributed by atoms with E-state index in [-0.39, 0.29) is 29.6 Å². The first-order valence-electron chi connectivity index (χ1n) is 13.3. The van der Waals surface area contributed by atoms with Gasteiger partial charge in [-0.15, -0.1) is 10.3 Å². The summed E-state index contributed by atoms with van der Waals surface area (Å²) in [5.74, 6) is 0.0360. The molecule has 1 heterocycles. The molecule has 3 aromatic rings. The van der Waals surface area contributed by atoms with Gasteiger partial charge in [0.25, 0.3) is 11.9 Å². The summed E-state index contributed by atoms with van der Waals surface area (Å²) in [7, 11) is 0. The predicted molar refractivity (Wildman–Crippen MR) is 146 cm³/mol. The molecule has 0 atom stereocenters. The molecule has 1 aliphatic rings. The normalized spacial score (nSPS) is 17.4. The number of H-pyrrole nitrogens is 1. The van der Waals surface area contributed by atoms with Crippen LogP contribution in [0.4, 0.5) is 35.3 Å². The number of anilines is 3. The molecule has 226 valence electrons. The van der Waals surface area contributed by atoms with Crippen LogP contribution in [-0.4, -0.2) is 53.9 Å². The number of hydrogen-bond acceptors (Lipinski definition) is 8. The Labute approximate surface area is 239 Å². The van der Waals surface area contributed by atoms with Crippen molar-refractivity contribution in [3.63, 3.8) is 0 Å². The van der Waals surface area contributed by atoms with Crippen LogP contribution in [-0.2, 0) is 12.7 Å². The first-order chi connectivity index (χ1) is 19.7. The molecule has 1 fully saturated rings. The number of aromatic amines is 1. The summed E-state index contributed by atoms with van der Waals surface area (Å²) in [5.41, 5.74) is -1.20. The molecule has 15 heteroatoms. The molecule has 12 nitrogen and oxygen atoms in total. The number of nitrogens with zero attached hydrogens (tertiary/aromatic N) is 5. The van der Waals surface area contributed by atoms with Crippen molar-refractivity contribution >= 4 is 29.3 Å². The highest BCUT2D eigenvalue weighted by atomic mass is 19.4. The quantitative estimate of drug-likeness (QED) is 0.219. The molecule has 0 saturated heterocycles. The van der Waals surface area contributed by atoms with Crippen molar-refractivity contribution in [2.45, 2.75) is 65.2 Å². The zero-order valence-electron chi connectivity index (χ0n) is 23.3. The standard InChI is InChI=1S/C27H33F3N8O4/c1-26(2,3)18-8-11-20(12-9-18)37(15-16-4-6-17(7-5-16)23(39)32-24-33-35-36-34-24)25(40)31-19-10-13-22(38(41)42)21(14-19)27(28,29)30/h4-7,10,13-14,18,20,41-42H,8-9,11-12,15H2,1-3H3,(H,31,40)(H2,32,33,34,35,36,39). The van der Waals surface area contributed by atoms with Crippen molar-refractivity contribution in [2.75, 3.05) is 15.9 Å². The Morgan fingerprint density at radius 1 is 1.00 bits per heavy atom.